The summed E-state index contributed by atoms with van der Waals surface area (Å²) in [6, 6.07) is 18.9. The first-order valence-corrected chi connectivity index (χ1v) is 14.4. The molecule has 7 heteroatoms. The van der Waals surface area contributed by atoms with Crippen LogP contribution >= 0.6 is 0 Å². The Bertz CT molecular complexity index is 1220. The van der Waals surface area contributed by atoms with Crippen molar-refractivity contribution in [3.8, 4) is 0 Å². The summed E-state index contributed by atoms with van der Waals surface area (Å²) in [6.45, 7) is 2.22. The predicted molar refractivity (Wildman–Crippen MR) is 155 cm³/mol. The zero-order valence-corrected chi connectivity index (χ0v) is 23.0. The van der Waals surface area contributed by atoms with Gasteiger partial charge in [0.1, 0.15) is 6.04 Å². The highest BCUT2D eigenvalue weighted by Gasteiger charge is 2.41. The van der Waals surface area contributed by atoms with Crippen molar-refractivity contribution in [2.75, 3.05) is 26.3 Å². The number of nitrogens with zero attached hydrogens (tertiary/aromatic N) is 1. The largest absolute Gasteiger partial charge is 0.381 e. The van der Waals surface area contributed by atoms with Crippen molar-refractivity contribution in [2.45, 2.75) is 50.6 Å². The third-order valence-corrected chi connectivity index (χ3v) is 8.54. The molecule has 0 radical (unpaired) electrons. The van der Waals surface area contributed by atoms with Crippen molar-refractivity contribution < 1.29 is 19.1 Å². The van der Waals surface area contributed by atoms with Crippen LogP contribution in [0.25, 0.3) is 6.08 Å². The molecule has 210 valence electrons. The Kier molecular flexibility index (Phi) is 9.12. The maximum absolute atomic E-state index is 13.7. The summed E-state index contributed by atoms with van der Waals surface area (Å²) in [6.07, 6.45) is 11.4. The Hall–Kier alpha value is -3.71. The number of rotatable bonds is 4. The van der Waals surface area contributed by atoms with E-state index in [1.165, 1.54) is 0 Å². The molecule has 0 aromatic heterocycles. The Balaban J connectivity index is 1.35. The number of hydrogen-bond acceptors (Lipinski definition) is 4. The highest BCUT2D eigenvalue weighted by Crippen LogP contribution is 2.36. The van der Waals surface area contributed by atoms with Crippen molar-refractivity contribution >= 4 is 23.8 Å². The van der Waals surface area contributed by atoms with Gasteiger partial charge in [0.2, 0.25) is 17.7 Å². The fourth-order valence-electron chi connectivity index (χ4n) is 6.02. The van der Waals surface area contributed by atoms with Gasteiger partial charge < -0.3 is 20.3 Å². The molecule has 3 aliphatic rings. The van der Waals surface area contributed by atoms with Gasteiger partial charge in [0.05, 0.1) is 5.41 Å². The number of hydrogen-bond donors (Lipinski definition) is 2. The Morgan fingerprint density at radius 3 is 2.45 bits per heavy atom. The topological polar surface area (TPSA) is 87.7 Å². The monoisotopic (exact) mass is 541 g/mol. The summed E-state index contributed by atoms with van der Waals surface area (Å²) in [7, 11) is 0. The van der Waals surface area contributed by atoms with Gasteiger partial charge in [-0.3, -0.25) is 14.4 Å². The van der Waals surface area contributed by atoms with Gasteiger partial charge in [-0.25, -0.2) is 0 Å². The van der Waals surface area contributed by atoms with Crippen molar-refractivity contribution in [3.63, 3.8) is 0 Å². The van der Waals surface area contributed by atoms with Crippen molar-refractivity contribution in [1.82, 2.24) is 15.5 Å². The molecule has 2 aromatic carbocycles. The Morgan fingerprint density at radius 1 is 0.975 bits per heavy atom. The summed E-state index contributed by atoms with van der Waals surface area (Å²) in [5, 5.41) is 6.40. The van der Waals surface area contributed by atoms with Gasteiger partial charge in [0.25, 0.3) is 0 Å². The zero-order valence-electron chi connectivity index (χ0n) is 23.0. The maximum atomic E-state index is 13.7. The molecule has 2 saturated heterocycles. The van der Waals surface area contributed by atoms with Crippen LogP contribution in [0.3, 0.4) is 0 Å². The van der Waals surface area contributed by atoms with Crippen LogP contribution in [0.1, 0.15) is 43.2 Å². The lowest BCUT2D eigenvalue weighted by molar-refractivity contribution is -0.140. The molecule has 0 unspecified atom stereocenters. The zero-order chi connectivity index (χ0) is 27.8. The van der Waals surface area contributed by atoms with E-state index in [0.717, 1.165) is 17.5 Å². The quantitative estimate of drug-likeness (QED) is 0.454. The molecule has 2 fully saturated rings. The van der Waals surface area contributed by atoms with Crippen molar-refractivity contribution in [3.05, 3.63) is 90.0 Å². The second kappa shape index (κ2) is 13.1. The highest BCUT2D eigenvalue weighted by molar-refractivity contribution is 5.92. The lowest BCUT2D eigenvalue weighted by Crippen LogP contribution is -2.58. The van der Waals surface area contributed by atoms with E-state index in [0.29, 0.717) is 58.4 Å². The van der Waals surface area contributed by atoms with Gasteiger partial charge in [-0.1, -0.05) is 72.8 Å². The number of amides is 3. The maximum Gasteiger partial charge on any atom is 0.246 e. The molecule has 3 amide bonds. The number of ether oxygens (including phenoxy) is 1. The second-order valence-corrected chi connectivity index (χ2v) is 11.2. The van der Waals surface area contributed by atoms with E-state index >= 15 is 0 Å². The first-order valence-electron chi connectivity index (χ1n) is 14.4. The van der Waals surface area contributed by atoms with Crippen molar-refractivity contribution in [2.24, 2.45) is 11.3 Å². The number of fused-ring (bicyclic) bond motifs is 1. The fraction of sp³-hybridized carbons (Fsp3) is 0.424. The van der Waals surface area contributed by atoms with E-state index in [4.69, 9.17) is 4.74 Å². The number of carbonyl (C=O) groups is 3. The van der Waals surface area contributed by atoms with Gasteiger partial charge in [0, 0.05) is 50.8 Å². The van der Waals surface area contributed by atoms with Gasteiger partial charge in [-0.2, -0.15) is 0 Å². The second-order valence-electron chi connectivity index (χ2n) is 11.2. The highest BCUT2D eigenvalue weighted by atomic mass is 16.5. The summed E-state index contributed by atoms with van der Waals surface area (Å²) < 4.78 is 5.59. The van der Waals surface area contributed by atoms with Crippen LogP contribution in [-0.4, -0.2) is 61.0 Å². The number of likely N-dealkylation sites (tertiary alicyclic amines) is 1. The molecule has 7 nitrogen and oxygen atoms in total. The van der Waals surface area contributed by atoms with E-state index in [2.05, 4.69) is 22.8 Å². The molecule has 3 aliphatic heterocycles. The molecule has 5 rings (SSSR count). The van der Waals surface area contributed by atoms with Crippen LogP contribution in [0.15, 0.2) is 78.9 Å². The molecule has 2 N–H and O–H groups in total. The molecule has 1 spiro atoms. The number of piperidine rings is 1. The molecule has 0 saturated carbocycles. The van der Waals surface area contributed by atoms with E-state index in [1.807, 2.05) is 71.6 Å². The normalized spacial score (nSPS) is 26.2. The van der Waals surface area contributed by atoms with Gasteiger partial charge in [-0.05, 0) is 49.3 Å². The van der Waals surface area contributed by atoms with E-state index in [1.54, 1.807) is 6.08 Å². The molecule has 0 aliphatic carbocycles. The Labute approximate surface area is 236 Å². The SMILES string of the molecule is O=C1N[C@@H]2CCN(C(=O)/C=C/c3ccccc3)C[C@@H]2C/C=C/CC2(CCOCC2)C(=O)N[C@H]1Cc1ccccc1. The third kappa shape index (κ3) is 6.89. The number of nitrogens with one attached hydrogen (secondary N) is 2. The van der Waals surface area contributed by atoms with E-state index < -0.39 is 11.5 Å². The Morgan fingerprint density at radius 2 is 1.70 bits per heavy atom. The lowest BCUT2D eigenvalue weighted by atomic mass is 9.75. The van der Waals surface area contributed by atoms with Crippen LogP contribution in [0.5, 0.6) is 0 Å². The van der Waals surface area contributed by atoms with Gasteiger partial charge in [-0.15, -0.1) is 0 Å². The summed E-state index contributed by atoms with van der Waals surface area (Å²) in [5.41, 5.74) is 1.40. The van der Waals surface area contributed by atoms with Crippen LogP contribution in [0.4, 0.5) is 0 Å². The lowest BCUT2D eigenvalue weighted by Gasteiger charge is -2.40. The van der Waals surface area contributed by atoms with Gasteiger partial charge >= 0.3 is 0 Å². The van der Waals surface area contributed by atoms with E-state index in [-0.39, 0.29) is 29.7 Å². The molecule has 3 heterocycles. The summed E-state index contributed by atoms with van der Waals surface area (Å²) >= 11 is 0. The van der Waals surface area contributed by atoms with Crippen LogP contribution in [0, 0.1) is 11.3 Å². The minimum Gasteiger partial charge on any atom is -0.381 e. The van der Waals surface area contributed by atoms with Crippen LogP contribution < -0.4 is 10.6 Å². The smallest absolute Gasteiger partial charge is 0.246 e. The van der Waals surface area contributed by atoms with Crippen LogP contribution in [0.2, 0.25) is 0 Å². The molecular weight excluding hydrogens is 502 g/mol. The molecule has 3 atom stereocenters. The summed E-state index contributed by atoms with van der Waals surface area (Å²) in [5.74, 6) is -0.165. The molecule has 40 heavy (non-hydrogen) atoms. The number of allylic oxidation sites excluding steroid dienone is 2. The standard InChI is InChI=1S/C33H39N3O4/c37-30(15-14-25-9-3-1-4-10-25)36-20-16-28-27(24-36)13-7-8-17-33(18-21-40-22-19-33)32(39)35-29(31(38)34-28)23-26-11-5-2-6-12-26/h1-12,14-15,27-29H,13,16-24H2,(H,34,38)(H,35,39)/b8-7+,15-14+/t27-,28+,29-/m0/s1. The van der Waals surface area contributed by atoms with Gasteiger partial charge in [0.15, 0.2) is 0 Å². The molecule has 2 aromatic rings. The van der Waals surface area contributed by atoms with Crippen LogP contribution in [-0.2, 0) is 25.5 Å². The fourth-order valence-corrected chi connectivity index (χ4v) is 6.02. The summed E-state index contributed by atoms with van der Waals surface area (Å²) in [4.78, 5) is 42.3. The first-order chi connectivity index (χ1) is 19.5. The van der Waals surface area contributed by atoms with Crippen molar-refractivity contribution in [1.29, 1.82) is 0 Å². The number of carbonyl (C=O) groups excluding carboxylic acids is 3. The third-order valence-electron chi connectivity index (χ3n) is 8.54. The minimum atomic E-state index is -0.674. The average Bonchev–Trinajstić information content (AvgIpc) is 2.99. The minimum absolute atomic E-state index is 0.0147. The molecular formula is C33H39N3O4. The van der Waals surface area contributed by atoms with E-state index in [9.17, 15) is 14.4 Å². The first kappa shape index (κ1) is 27.8. The predicted octanol–water partition coefficient (Wildman–Crippen LogP) is 3.91. The number of benzene rings is 2. The average molecular weight is 542 g/mol. The molecule has 0 bridgehead atoms.